The standard InChI is InChI=1S/C14H21O/c1-6-15-14-9-12(10(2)3)7-8-13(14)11(4)5/h7-11H,2,6H2,1,3-5H3. The van der Waals surface area contributed by atoms with Crippen LogP contribution in [0.1, 0.15) is 50.7 Å². The van der Waals surface area contributed by atoms with E-state index in [0.29, 0.717) is 18.4 Å². The fraction of sp³-hybridized carbons (Fsp3) is 0.500. The predicted octanol–water partition coefficient (Wildman–Crippen LogP) is 4.15. The first-order valence-electron chi connectivity index (χ1n) is 5.66. The van der Waals surface area contributed by atoms with Crippen LogP contribution in [-0.4, -0.2) is 6.61 Å². The molecule has 0 N–H and O–H groups in total. The second kappa shape index (κ2) is 5.20. The molecule has 1 atom stereocenters. The van der Waals surface area contributed by atoms with E-state index in [1.165, 1.54) is 11.1 Å². The van der Waals surface area contributed by atoms with E-state index >= 15 is 0 Å². The van der Waals surface area contributed by atoms with Crippen molar-refractivity contribution in [3.8, 4) is 5.75 Å². The third-order valence-electron chi connectivity index (χ3n) is 2.53. The highest BCUT2D eigenvalue weighted by Crippen LogP contribution is 2.29. The Balaban J connectivity index is 3.08. The molecular formula is C14H21O. The summed E-state index contributed by atoms with van der Waals surface area (Å²) in [6.45, 7) is 13.2. The maximum atomic E-state index is 5.66. The molecule has 0 saturated heterocycles. The Kier molecular flexibility index (Phi) is 4.19. The maximum absolute atomic E-state index is 5.66. The second-order valence-corrected chi connectivity index (χ2v) is 4.29. The second-order valence-electron chi connectivity index (χ2n) is 4.29. The summed E-state index contributed by atoms with van der Waals surface area (Å²) >= 11 is 0. The molecule has 1 unspecified atom stereocenters. The largest absolute Gasteiger partial charge is 0.494 e. The molecule has 1 radical (unpaired) electrons. The van der Waals surface area contributed by atoms with Gasteiger partial charge in [0.15, 0.2) is 0 Å². The molecule has 0 heterocycles. The van der Waals surface area contributed by atoms with Crippen LogP contribution in [0.4, 0.5) is 0 Å². The summed E-state index contributed by atoms with van der Waals surface area (Å²) in [5.41, 5.74) is 2.52. The van der Waals surface area contributed by atoms with Crippen LogP contribution in [0.25, 0.3) is 0 Å². The van der Waals surface area contributed by atoms with E-state index in [0.717, 1.165) is 5.75 Å². The van der Waals surface area contributed by atoms with E-state index in [1.54, 1.807) is 0 Å². The first-order chi connectivity index (χ1) is 7.06. The number of ether oxygens (including phenoxy) is 1. The summed E-state index contributed by atoms with van der Waals surface area (Å²) in [6.07, 6.45) is 0. The Labute approximate surface area is 93.5 Å². The quantitative estimate of drug-likeness (QED) is 0.717. The predicted molar refractivity (Wildman–Crippen MR) is 65.5 cm³/mol. The lowest BCUT2D eigenvalue weighted by Gasteiger charge is -2.15. The minimum absolute atomic E-state index is 0.311. The smallest absolute Gasteiger partial charge is 0.123 e. The van der Waals surface area contributed by atoms with E-state index in [2.05, 4.69) is 45.9 Å². The highest BCUT2D eigenvalue weighted by Gasteiger charge is 2.09. The van der Waals surface area contributed by atoms with Gasteiger partial charge in [-0.05, 0) is 42.9 Å². The van der Waals surface area contributed by atoms with Crippen molar-refractivity contribution in [3.05, 3.63) is 36.2 Å². The summed E-state index contributed by atoms with van der Waals surface area (Å²) < 4.78 is 5.66. The van der Waals surface area contributed by atoms with Gasteiger partial charge in [0, 0.05) is 0 Å². The Morgan fingerprint density at radius 2 is 1.93 bits per heavy atom. The number of benzene rings is 1. The van der Waals surface area contributed by atoms with Crippen molar-refractivity contribution >= 4 is 0 Å². The van der Waals surface area contributed by atoms with Gasteiger partial charge >= 0.3 is 0 Å². The van der Waals surface area contributed by atoms with Crippen LogP contribution in [0.3, 0.4) is 0 Å². The van der Waals surface area contributed by atoms with E-state index in [-0.39, 0.29) is 0 Å². The zero-order valence-electron chi connectivity index (χ0n) is 10.2. The molecule has 0 spiro atoms. The SMILES string of the molecule is [CH2]C(C)c1ccc(C(C)C)c(OCC)c1. The molecule has 15 heavy (non-hydrogen) atoms. The lowest BCUT2D eigenvalue weighted by atomic mass is 9.96. The Morgan fingerprint density at radius 1 is 1.27 bits per heavy atom. The summed E-state index contributed by atoms with van der Waals surface area (Å²) in [6, 6.07) is 6.43. The van der Waals surface area contributed by atoms with Crippen molar-refractivity contribution in [3.63, 3.8) is 0 Å². The summed E-state index contributed by atoms with van der Waals surface area (Å²) in [5.74, 6) is 1.83. The van der Waals surface area contributed by atoms with Crippen LogP contribution in [0, 0.1) is 6.92 Å². The molecule has 1 aromatic carbocycles. The highest BCUT2D eigenvalue weighted by molar-refractivity contribution is 5.40. The Hall–Kier alpha value is -0.980. The lowest BCUT2D eigenvalue weighted by Crippen LogP contribution is -2.00. The average molecular weight is 205 g/mol. The van der Waals surface area contributed by atoms with Gasteiger partial charge in [-0.3, -0.25) is 0 Å². The van der Waals surface area contributed by atoms with E-state index < -0.39 is 0 Å². The topological polar surface area (TPSA) is 9.23 Å². The van der Waals surface area contributed by atoms with Gasteiger partial charge in [0.05, 0.1) is 6.61 Å². The summed E-state index contributed by atoms with van der Waals surface area (Å²) in [4.78, 5) is 0. The Morgan fingerprint density at radius 3 is 2.40 bits per heavy atom. The minimum atomic E-state index is 0.311. The van der Waals surface area contributed by atoms with Crippen molar-refractivity contribution in [2.75, 3.05) is 6.61 Å². The third-order valence-corrected chi connectivity index (χ3v) is 2.53. The molecular weight excluding hydrogens is 184 g/mol. The molecule has 1 aromatic rings. The molecule has 0 aliphatic carbocycles. The van der Waals surface area contributed by atoms with Crippen molar-refractivity contribution in [1.29, 1.82) is 0 Å². The number of hydrogen-bond acceptors (Lipinski definition) is 1. The van der Waals surface area contributed by atoms with E-state index in [4.69, 9.17) is 4.74 Å². The normalized spacial score (nSPS) is 11.1. The molecule has 0 aliphatic heterocycles. The zero-order valence-corrected chi connectivity index (χ0v) is 10.2. The molecule has 1 nitrogen and oxygen atoms in total. The highest BCUT2D eigenvalue weighted by atomic mass is 16.5. The van der Waals surface area contributed by atoms with Crippen LogP contribution in [0.2, 0.25) is 0 Å². The molecule has 0 bridgehead atoms. The maximum Gasteiger partial charge on any atom is 0.123 e. The van der Waals surface area contributed by atoms with E-state index in [1.807, 2.05) is 6.92 Å². The number of hydrogen-bond donors (Lipinski definition) is 0. The molecule has 0 aliphatic rings. The van der Waals surface area contributed by atoms with E-state index in [9.17, 15) is 0 Å². The molecule has 1 rings (SSSR count). The van der Waals surface area contributed by atoms with Gasteiger partial charge in [0.25, 0.3) is 0 Å². The van der Waals surface area contributed by atoms with Gasteiger partial charge in [0.1, 0.15) is 5.75 Å². The molecule has 1 heteroatoms. The van der Waals surface area contributed by atoms with Crippen LogP contribution in [0.15, 0.2) is 18.2 Å². The lowest BCUT2D eigenvalue weighted by molar-refractivity contribution is 0.334. The fourth-order valence-electron chi connectivity index (χ4n) is 1.61. The van der Waals surface area contributed by atoms with Crippen LogP contribution in [0.5, 0.6) is 5.75 Å². The monoisotopic (exact) mass is 205 g/mol. The summed E-state index contributed by atoms with van der Waals surface area (Å²) in [7, 11) is 0. The first-order valence-corrected chi connectivity index (χ1v) is 5.66. The van der Waals surface area contributed by atoms with Crippen molar-refractivity contribution in [2.45, 2.75) is 39.5 Å². The van der Waals surface area contributed by atoms with Gasteiger partial charge in [-0.15, -0.1) is 0 Å². The van der Waals surface area contributed by atoms with Gasteiger partial charge < -0.3 is 4.74 Å². The molecule has 0 aromatic heterocycles. The van der Waals surface area contributed by atoms with Gasteiger partial charge in [-0.25, -0.2) is 0 Å². The number of rotatable bonds is 4. The van der Waals surface area contributed by atoms with Crippen molar-refractivity contribution in [2.24, 2.45) is 0 Å². The van der Waals surface area contributed by atoms with Crippen LogP contribution >= 0.6 is 0 Å². The van der Waals surface area contributed by atoms with Gasteiger partial charge in [-0.2, -0.15) is 0 Å². The van der Waals surface area contributed by atoms with Crippen LogP contribution < -0.4 is 4.74 Å². The minimum Gasteiger partial charge on any atom is -0.494 e. The molecule has 0 saturated carbocycles. The van der Waals surface area contributed by atoms with Gasteiger partial charge in [-0.1, -0.05) is 32.9 Å². The average Bonchev–Trinajstić information content (AvgIpc) is 2.17. The van der Waals surface area contributed by atoms with Crippen LogP contribution in [-0.2, 0) is 0 Å². The first kappa shape index (κ1) is 12.1. The fourth-order valence-corrected chi connectivity index (χ4v) is 1.61. The molecule has 0 amide bonds. The molecule has 0 fully saturated rings. The van der Waals surface area contributed by atoms with Crippen molar-refractivity contribution < 1.29 is 4.74 Å². The van der Waals surface area contributed by atoms with Crippen molar-refractivity contribution in [1.82, 2.24) is 0 Å². The molecule has 83 valence electrons. The Bertz CT molecular complexity index is 313. The third kappa shape index (κ3) is 2.98. The summed E-state index contributed by atoms with van der Waals surface area (Å²) in [5, 5.41) is 0. The zero-order chi connectivity index (χ0) is 11.4. The van der Waals surface area contributed by atoms with Gasteiger partial charge in [0.2, 0.25) is 0 Å².